The number of hydrogen-bond donors (Lipinski definition) is 1. The van der Waals surface area contributed by atoms with Crippen molar-refractivity contribution in [2.45, 2.75) is 45.8 Å². The highest BCUT2D eigenvalue weighted by atomic mass is 15.3. The third kappa shape index (κ3) is 3.10. The molecule has 0 aliphatic carbocycles. The first-order valence-corrected chi connectivity index (χ1v) is 7.72. The standard InChI is InChI=1S/C15H24N6/c1-3-20-14(10-12(2)17-20)11-19-7-4-13(5-8-19)21-9-6-15(16)18-21/h6,9-10,13H,3-5,7-8,11H2,1-2H3,(H2,16,18). The quantitative estimate of drug-likeness (QED) is 0.932. The van der Waals surface area contributed by atoms with Crippen molar-refractivity contribution < 1.29 is 0 Å². The third-order valence-electron chi connectivity index (χ3n) is 4.23. The second-order valence-corrected chi connectivity index (χ2v) is 5.82. The number of rotatable bonds is 4. The zero-order chi connectivity index (χ0) is 14.8. The molecule has 0 unspecified atom stereocenters. The number of nitrogen functional groups attached to an aromatic ring is 1. The molecule has 2 aromatic rings. The fourth-order valence-electron chi connectivity index (χ4n) is 3.13. The van der Waals surface area contributed by atoms with Gasteiger partial charge in [0.15, 0.2) is 0 Å². The van der Waals surface area contributed by atoms with Crippen molar-refractivity contribution >= 4 is 5.82 Å². The first kappa shape index (κ1) is 14.1. The van der Waals surface area contributed by atoms with Crippen molar-refractivity contribution in [2.75, 3.05) is 18.8 Å². The van der Waals surface area contributed by atoms with E-state index in [0.29, 0.717) is 11.9 Å². The summed E-state index contributed by atoms with van der Waals surface area (Å²) in [5.41, 5.74) is 8.12. The Labute approximate surface area is 125 Å². The number of anilines is 1. The van der Waals surface area contributed by atoms with Gasteiger partial charge in [-0.3, -0.25) is 14.3 Å². The molecule has 0 aromatic carbocycles. The summed E-state index contributed by atoms with van der Waals surface area (Å²) in [4.78, 5) is 2.51. The Balaban J connectivity index is 1.58. The van der Waals surface area contributed by atoms with Crippen molar-refractivity contribution in [2.24, 2.45) is 0 Å². The minimum absolute atomic E-state index is 0.483. The molecule has 1 aliphatic rings. The van der Waals surface area contributed by atoms with Crippen LogP contribution in [0.4, 0.5) is 5.82 Å². The molecule has 1 saturated heterocycles. The summed E-state index contributed by atoms with van der Waals surface area (Å²) >= 11 is 0. The molecule has 2 N–H and O–H groups in total. The van der Waals surface area contributed by atoms with E-state index in [1.54, 1.807) is 0 Å². The predicted molar refractivity (Wildman–Crippen MR) is 82.8 cm³/mol. The molecule has 21 heavy (non-hydrogen) atoms. The summed E-state index contributed by atoms with van der Waals surface area (Å²) in [6.07, 6.45) is 4.24. The molecule has 0 spiro atoms. The Kier molecular flexibility index (Phi) is 3.96. The predicted octanol–water partition coefficient (Wildman–Crippen LogP) is 1.83. The summed E-state index contributed by atoms with van der Waals surface area (Å²) in [7, 11) is 0. The van der Waals surface area contributed by atoms with Gasteiger partial charge in [-0.2, -0.15) is 10.2 Å². The highest BCUT2D eigenvalue weighted by molar-refractivity contribution is 5.24. The summed E-state index contributed by atoms with van der Waals surface area (Å²) in [5, 5.41) is 8.86. The van der Waals surface area contributed by atoms with Gasteiger partial charge < -0.3 is 5.73 Å². The molecule has 1 fully saturated rings. The fourth-order valence-corrected chi connectivity index (χ4v) is 3.13. The van der Waals surface area contributed by atoms with E-state index in [0.717, 1.165) is 44.7 Å². The summed E-state index contributed by atoms with van der Waals surface area (Å²) < 4.78 is 4.13. The topological polar surface area (TPSA) is 64.9 Å². The molecule has 2 aromatic heterocycles. The Morgan fingerprint density at radius 1 is 1.29 bits per heavy atom. The van der Waals surface area contributed by atoms with Crippen LogP contribution in [-0.2, 0) is 13.1 Å². The molecule has 6 nitrogen and oxygen atoms in total. The Morgan fingerprint density at radius 3 is 2.67 bits per heavy atom. The Morgan fingerprint density at radius 2 is 2.05 bits per heavy atom. The second kappa shape index (κ2) is 5.89. The number of aromatic nitrogens is 4. The normalized spacial score (nSPS) is 17.4. The number of hydrogen-bond acceptors (Lipinski definition) is 4. The van der Waals surface area contributed by atoms with E-state index in [1.807, 2.05) is 16.9 Å². The van der Waals surface area contributed by atoms with Crippen molar-refractivity contribution in [3.8, 4) is 0 Å². The average Bonchev–Trinajstić information content (AvgIpc) is 3.06. The van der Waals surface area contributed by atoms with Gasteiger partial charge in [0.1, 0.15) is 5.82 Å². The van der Waals surface area contributed by atoms with Crippen LogP contribution in [0.3, 0.4) is 0 Å². The van der Waals surface area contributed by atoms with Crippen LogP contribution in [0, 0.1) is 6.92 Å². The van der Waals surface area contributed by atoms with Gasteiger partial charge in [-0.1, -0.05) is 0 Å². The third-order valence-corrected chi connectivity index (χ3v) is 4.23. The van der Waals surface area contributed by atoms with Gasteiger partial charge in [0.2, 0.25) is 0 Å². The molecule has 0 amide bonds. The van der Waals surface area contributed by atoms with Crippen LogP contribution in [0.5, 0.6) is 0 Å². The van der Waals surface area contributed by atoms with Gasteiger partial charge in [0.05, 0.1) is 17.4 Å². The first-order valence-electron chi connectivity index (χ1n) is 7.72. The molecule has 0 atom stereocenters. The van der Waals surface area contributed by atoms with Gasteiger partial charge in [-0.15, -0.1) is 0 Å². The molecule has 3 rings (SSSR count). The fraction of sp³-hybridized carbons (Fsp3) is 0.600. The minimum atomic E-state index is 0.483. The summed E-state index contributed by atoms with van der Waals surface area (Å²) in [6.45, 7) is 8.32. The lowest BCUT2D eigenvalue weighted by Gasteiger charge is -2.32. The van der Waals surface area contributed by atoms with E-state index in [9.17, 15) is 0 Å². The van der Waals surface area contributed by atoms with Gasteiger partial charge >= 0.3 is 0 Å². The maximum atomic E-state index is 5.70. The number of likely N-dealkylation sites (tertiary alicyclic amines) is 1. The number of aryl methyl sites for hydroxylation is 2. The second-order valence-electron chi connectivity index (χ2n) is 5.82. The number of nitrogens with two attached hydrogens (primary N) is 1. The average molecular weight is 288 g/mol. The molecule has 0 saturated carbocycles. The molecule has 6 heteroatoms. The Bertz CT molecular complexity index is 591. The van der Waals surface area contributed by atoms with Crippen molar-refractivity contribution in [3.63, 3.8) is 0 Å². The molecule has 0 radical (unpaired) electrons. The number of nitrogens with zero attached hydrogens (tertiary/aromatic N) is 5. The molecule has 114 valence electrons. The minimum Gasteiger partial charge on any atom is -0.382 e. The zero-order valence-electron chi connectivity index (χ0n) is 12.9. The van der Waals surface area contributed by atoms with Gasteiger partial charge in [0, 0.05) is 32.4 Å². The van der Waals surface area contributed by atoms with Crippen LogP contribution < -0.4 is 5.73 Å². The largest absolute Gasteiger partial charge is 0.382 e. The van der Waals surface area contributed by atoms with E-state index in [-0.39, 0.29) is 0 Å². The monoisotopic (exact) mass is 288 g/mol. The zero-order valence-corrected chi connectivity index (χ0v) is 12.9. The van der Waals surface area contributed by atoms with Crippen LogP contribution in [-0.4, -0.2) is 37.6 Å². The molecular formula is C15H24N6. The Hall–Kier alpha value is -1.82. The lowest BCUT2D eigenvalue weighted by atomic mass is 10.1. The summed E-state index contributed by atoms with van der Waals surface area (Å²) in [5.74, 6) is 0.611. The van der Waals surface area contributed by atoms with E-state index >= 15 is 0 Å². The molecule has 3 heterocycles. The van der Waals surface area contributed by atoms with Crippen LogP contribution in [0.25, 0.3) is 0 Å². The lowest BCUT2D eigenvalue weighted by Crippen LogP contribution is -2.35. The molecule has 1 aliphatic heterocycles. The van der Waals surface area contributed by atoms with Crippen LogP contribution in [0.15, 0.2) is 18.3 Å². The molecule has 0 bridgehead atoms. The smallest absolute Gasteiger partial charge is 0.145 e. The summed E-state index contributed by atoms with van der Waals surface area (Å²) in [6, 6.07) is 4.55. The van der Waals surface area contributed by atoms with Gasteiger partial charge in [-0.25, -0.2) is 0 Å². The van der Waals surface area contributed by atoms with Gasteiger partial charge in [0.25, 0.3) is 0 Å². The van der Waals surface area contributed by atoms with Crippen LogP contribution in [0.2, 0.25) is 0 Å². The van der Waals surface area contributed by atoms with Gasteiger partial charge in [-0.05, 0) is 38.8 Å². The number of piperidine rings is 1. The lowest BCUT2D eigenvalue weighted by molar-refractivity contribution is 0.169. The molecular weight excluding hydrogens is 264 g/mol. The first-order chi connectivity index (χ1) is 10.2. The highest BCUT2D eigenvalue weighted by Gasteiger charge is 2.22. The van der Waals surface area contributed by atoms with Crippen molar-refractivity contribution in [3.05, 3.63) is 29.7 Å². The van der Waals surface area contributed by atoms with E-state index in [1.165, 1.54) is 5.69 Å². The van der Waals surface area contributed by atoms with E-state index in [4.69, 9.17) is 5.73 Å². The van der Waals surface area contributed by atoms with Crippen molar-refractivity contribution in [1.82, 2.24) is 24.5 Å². The van der Waals surface area contributed by atoms with E-state index < -0.39 is 0 Å². The highest BCUT2D eigenvalue weighted by Crippen LogP contribution is 2.23. The van der Waals surface area contributed by atoms with Crippen LogP contribution >= 0.6 is 0 Å². The van der Waals surface area contributed by atoms with Crippen molar-refractivity contribution in [1.29, 1.82) is 0 Å². The van der Waals surface area contributed by atoms with E-state index in [2.05, 4.69) is 39.7 Å². The van der Waals surface area contributed by atoms with Crippen LogP contribution in [0.1, 0.15) is 37.2 Å². The maximum absolute atomic E-state index is 5.70. The maximum Gasteiger partial charge on any atom is 0.145 e. The SMILES string of the molecule is CCn1nc(C)cc1CN1CCC(n2ccc(N)n2)CC1.